The molecule has 0 fully saturated rings. The van der Waals surface area contributed by atoms with Crippen molar-refractivity contribution in [3.8, 4) is 0 Å². The van der Waals surface area contributed by atoms with Crippen molar-refractivity contribution in [2.75, 3.05) is 6.61 Å². The predicted octanol–water partition coefficient (Wildman–Crippen LogP) is 5.08. The van der Waals surface area contributed by atoms with Gasteiger partial charge in [0.1, 0.15) is 11.1 Å². The highest BCUT2D eigenvalue weighted by atomic mass is 16.5. The van der Waals surface area contributed by atoms with Crippen LogP contribution in [0, 0.1) is 0 Å². The van der Waals surface area contributed by atoms with E-state index in [2.05, 4.69) is 4.98 Å². The van der Waals surface area contributed by atoms with Crippen LogP contribution in [0.2, 0.25) is 0 Å². The van der Waals surface area contributed by atoms with Crippen molar-refractivity contribution < 1.29 is 13.9 Å². The summed E-state index contributed by atoms with van der Waals surface area (Å²) < 4.78 is 11.0. The first-order valence-corrected chi connectivity index (χ1v) is 8.49. The quantitative estimate of drug-likeness (QED) is 0.383. The molecule has 1 aromatic heterocycles. The molecule has 0 N–H and O–H groups in total. The number of para-hydroxylation sites is 2. The van der Waals surface area contributed by atoms with Gasteiger partial charge in [-0.05, 0) is 41.5 Å². The molecule has 0 saturated heterocycles. The van der Waals surface area contributed by atoms with Gasteiger partial charge in [0, 0.05) is 0 Å². The molecule has 4 nitrogen and oxygen atoms in total. The highest BCUT2D eigenvalue weighted by Crippen LogP contribution is 2.27. The van der Waals surface area contributed by atoms with Crippen LogP contribution >= 0.6 is 0 Å². The molecule has 0 spiro atoms. The van der Waals surface area contributed by atoms with E-state index < -0.39 is 5.97 Å². The summed E-state index contributed by atoms with van der Waals surface area (Å²) in [4.78, 5) is 17.0. The van der Waals surface area contributed by atoms with E-state index in [1.165, 1.54) is 0 Å². The number of esters is 1. The van der Waals surface area contributed by atoms with Gasteiger partial charge >= 0.3 is 5.97 Å². The van der Waals surface area contributed by atoms with Crippen molar-refractivity contribution in [1.82, 2.24) is 4.98 Å². The second kappa shape index (κ2) is 6.84. The molecular formula is C22H17NO3. The number of carbonyl (C=O) groups is 1. The minimum Gasteiger partial charge on any atom is -0.462 e. The zero-order chi connectivity index (χ0) is 17.9. The Morgan fingerprint density at radius 1 is 1.04 bits per heavy atom. The molecule has 0 aliphatic rings. The van der Waals surface area contributed by atoms with Crippen molar-refractivity contribution in [3.63, 3.8) is 0 Å². The number of hydrogen-bond donors (Lipinski definition) is 0. The van der Waals surface area contributed by atoms with Crippen molar-refractivity contribution in [3.05, 3.63) is 78.2 Å². The zero-order valence-electron chi connectivity index (χ0n) is 14.3. The SMILES string of the molecule is CCOC(=O)C(=Cc1cccc2ccccc12)c1nc2ccccc2o1. The number of rotatable bonds is 4. The number of carbonyl (C=O) groups excluding carboxylic acids is 1. The van der Waals surface area contributed by atoms with E-state index in [1.54, 1.807) is 13.0 Å². The van der Waals surface area contributed by atoms with Crippen LogP contribution in [0.15, 0.2) is 71.1 Å². The summed E-state index contributed by atoms with van der Waals surface area (Å²) >= 11 is 0. The molecule has 0 amide bonds. The molecule has 4 heteroatoms. The first kappa shape index (κ1) is 16.1. The number of hydrogen-bond acceptors (Lipinski definition) is 4. The third-order valence-electron chi connectivity index (χ3n) is 4.14. The second-order valence-electron chi connectivity index (χ2n) is 5.83. The molecule has 0 radical (unpaired) electrons. The van der Waals surface area contributed by atoms with Crippen molar-refractivity contribution >= 4 is 39.5 Å². The summed E-state index contributed by atoms with van der Waals surface area (Å²) in [6, 6.07) is 21.4. The van der Waals surface area contributed by atoms with Crippen LogP contribution in [-0.4, -0.2) is 17.6 Å². The third kappa shape index (κ3) is 2.97. The number of aromatic nitrogens is 1. The van der Waals surface area contributed by atoms with Gasteiger partial charge in [0.15, 0.2) is 5.58 Å². The van der Waals surface area contributed by atoms with Gasteiger partial charge in [-0.2, -0.15) is 0 Å². The van der Waals surface area contributed by atoms with Crippen LogP contribution in [0.3, 0.4) is 0 Å². The Hall–Kier alpha value is -3.40. The van der Waals surface area contributed by atoms with Crippen molar-refractivity contribution in [1.29, 1.82) is 0 Å². The van der Waals surface area contributed by atoms with E-state index in [-0.39, 0.29) is 12.5 Å². The molecule has 0 atom stereocenters. The van der Waals surface area contributed by atoms with Gasteiger partial charge < -0.3 is 9.15 Å². The van der Waals surface area contributed by atoms with E-state index in [9.17, 15) is 4.79 Å². The fraction of sp³-hybridized carbons (Fsp3) is 0.0909. The summed E-state index contributed by atoms with van der Waals surface area (Å²) in [5, 5.41) is 2.15. The topological polar surface area (TPSA) is 52.3 Å². The molecule has 26 heavy (non-hydrogen) atoms. The van der Waals surface area contributed by atoms with E-state index >= 15 is 0 Å². The highest BCUT2D eigenvalue weighted by Gasteiger charge is 2.20. The predicted molar refractivity (Wildman–Crippen MR) is 102 cm³/mol. The van der Waals surface area contributed by atoms with Gasteiger partial charge in [0.05, 0.1) is 6.61 Å². The lowest BCUT2D eigenvalue weighted by Crippen LogP contribution is -2.07. The lowest BCUT2D eigenvalue weighted by Gasteiger charge is -2.06. The first-order chi connectivity index (χ1) is 12.8. The van der Waals surface area contributed by atoms with E-state index in [1.807, 2.05) is 66.7 Å². The minimum absolute atomic E-state index is 0.262. The number of fused-ring (bicyclic) bond motifs is 2. The molecular weight excluding hydrogens is 326 g/mol. The van der Waals surface area contributed by atoms with Crippen LogP contribution < -0.4 is 0 Å². The second-order valence-corrected chi connectivity index (χ2v) is 5.83. The number of ether oxygens (including phenoxy) is 1. The molecule has 4 rings (SSSR count). The Balaban J connectivity index is 1.90. The standard InChI is InChI=1S/C22H17NO3/c1-2-25-22(24)18(21-23-19-12-5-6-13-20(19)26-21)14-16-10-7-9-15-8-3-4-11-17(15)16/h3-14H,2H2,1H3. The monoisotopic (exact) mass is 343 g/mol. The minimum atomic E-state index is -0.452. The number of nitrogens with zero attached hydrogens (tertiary/aromatic N) is 1. The van der Waals surface area contributed by atoms with Gasteiger partial charge in [0.25, 0.3) is 0 Å². The fourth-order valence-electron chi connectivity index (χ4n) is 2.94. The Morgan fingerprint density at radius 2 is 1.81 bits per heavy atom. The van der Waals surface area contributed by atoms with Crippen LogP contribution in [0.25, 0.3) is 33.5 Å². The van der Waals surface area contributed by atoms with E-state index in [0.717, 1.165) is 16.3 Å². The molecule has 0 saturated carbocycles. The lowest BCUT2D eigenvalue weighted by atomic mass is 10.0. The molecule has 128 valence electrons. The summed E-state index contributed by atoms with van der Waals surface area (Å²) in [7, 11) is 0. The van der Waals surface area contributed by atoms with Gasteiger partial charge in [-0.3, -0.25) is 0 Å². The highest BCUT2D eigenvalue weighted by molar-refractivity contribution is 6.21. The molecule has 0 unspecified atom stereocenters. The van der Waals surface area contributed by atoms with Crippen LogP contribution in [0.5, 0.6) is 0 Å². The maximum atomic E-state index is 12.6. The zero-order valence-corrected chi connectivity index (χ0v) is 14.3. The van der Waals surface area contributed by atoms with E-state index in [4.69, 9.17) is 9.15 Å². The molecule has 3 aromatic carbocycles. The first-order valence-electron chi connectivity index (χ1n) is 8.49. The Bertz CT molecular complexity index is 1090. The van der Waals surface area contributed by atoms with Crippen LogP contribution in [0.1, 0.15) is 18.4 Å². The summed E-state index contributed by atoms with van der Waals surface area (Å²) in [5.41, 5.74) is 2.55. The third-order valence-corrected chi connectivity index (χ3v) is 4.14. The molecule has 1 heterocycles. The maximum absolute atomic E-state index is 12.6. The van der Waals surface area contributed by atoms with Crippen molar-refractivity contribution in [2.45, 2.75) is 6.92 Å². The molecule has 0 aliphatic carbocycles. The van der Waals surface area contributed by atoms with Crippen LogP contribution in [-0.2, 0) is 9.53 Å². The number of benzene rings is 3. The Labute approximate surface area is 150 Å². The van der Waals surface area contributed by atoms with Crippen molar-refractivity contribution in [2.24, 2.45) is 0 Å². The van der Waals surface area contributed by atoms with Gasteiger partial charge in [-0.25, -0.2) is 9.78 Å². The van der Waals surface area contributed by atoms with Gasteiger partial charge in [0.2, 0.25) is 5.89 Å². The summed E-state index contributed by atoms with van der Waals surface area (Å²) in [6.07, 6.45) is 1.78. The number of oxazole rings is 1. The van der Waals surface area contributed by atoms with Gasteiger partial charge in [-0.15, -0.1) is 0 Å². The Kier molecular flexibility index (Phi) is 4.23. The molecule has 0 bridgehead atoms. The average molecular weight is 343 g/mol. The largest absolute Gasteiger partial charge is 0.462 e. The van der Waals surface area contributed by atoms with Gasteiger partial charge in [-0.1, -0.05) is 54.6 Å². The maximum Gasteiger partial charge on any atom is 0.343 e. The fourth-order valence-corrected chi connectivity index (χ4v) is 2.94. The summed E-state index contributed by atoms with van der Waals surface area (Å²) in [6.45, 7) is 2.06. The molecule has 0 aliphatic heterocycles. The van der Waals surface area contributed by atoms with Crippen LogP contribution in [0.4, 0.5) is 0 Å². The summed E-state index contributed by atoms with van der Waals surface area (Å²) in [5.74, 6) is -0.190. The smallest absolute Gasteiger partial charge is 0.343 e. The van der Waals surface area contributed by atoms with E-state index in [0.29, 0.717) is 16.7 Å². The average Bonchev–Trinajstić information content (AvgIpc) is 3.10. The normalized spacial score (nSPS) is 11.8. The molecule has 4 aromatic rings. The lowest BCUT2D eigenvalue weighted by molar-refractivity contribution is -0.136. The Morgan fingerprint density at radius 3 is 2.65 bits per heavy atom.